The lowest BCUT2D eigenvalue weighted by Gasteiger charge is -2.10. The van der Waals surface area contributed by atoms with Crippen LogP contribution in [0.15, 0.2) is 41.0 Å². The van der Waals surface area contributed by atoms with Crippen LogP contribution in [0.3, 0.4) is 0 Å². The Kier molecular flexibility index (Phi) is 3.95. The number of halogens is 5. The van der Waals surface area contributed by atoms with E-state index in [1.165, 1.54) is 12.1 Å². The Morgan fingerprint density at radius 1 is 1.10 bits per heavy atom. The van der Waals surface area contributed by atoms with Crippen molar-refractivity contribution in [2.45, 2.75) is 6.54 Å². The summed E-state index contributed by atoms with van der Waals surface area (Å²) in [6.45, 7) is 0.0529. The van der Waals surface area contributed by atoms with Gasteiger partial charge in [-0.2, -0.15) is 0 Å². The van der Waals surface area contributed by atoms with Crippen LogP contribution in [0.25, 0.3) is 10.9 Å². The fourth-order valence-electron chi connectivity index (χ4n) is 2.24. The normalized spacial score (nSPS) is 11.3. The molecule has 0 amide bonds. The van der Waals surface area contributed by atoms with Crippen molar-refractivity contribution in [3.05, 3.63) is 68.2 Å². The SMILES string of the molecule is Fc1ccc(Br)c(F)c1Cn1ccc2c(Cl)cc(Cl)cc21. The molecule has 1 heterocycles. The first kappa shape index (κ1) is 14.8. The van der Waals surface area contributed by atoms with Crippen LogP contribution in [0.1, 0.15) is 5.56 Å². The second-order valence-electron chi connectivity index (χ2n) is 4.59. The largest absolute Gasteiger partial charge is 0.343 e. The van der Waals surface area contributed by atoms with Gasteiger partial charge in [-0.25, -0.2) is 8.78 Å². The van der Waals surface area contributed by atoms with Crippen molar-refractivity contribution in [1.29, 1.82) is 0 Å². The summed E-state index contributed by atoms with van der Waals surface area (Å²) in [5.74, 6) is -1.20. The minimum absolute atomic E-state index is 0.0158. The van der Waals surface area contributed by atoms with Gasteiger partial charge in [-0.15, -0.1) is 0 Å². The summed E-state index contributed by atoms with van der Waals surface area (Å²) < 4.78 is 29.9. The van der Waals surface area contributed by atoms with E-state index in [1.807, 2.05) is 0 Å². The molecular weight excluding hydrogens is 383 g/mol. The lowest BCUT2D eigenvalue weighted by Crippen LogP contribution is -2.04. The molecule has 21 heavy (non-hydrogen) atoms. The minimum Gasteiger partial charge on any atom is -0.343 e. The molecule has 0 atom stereocenters. The molecule has 0 spiro atoms. The number of hydrogen-bond donors (Lipinski definition) is 0. The van der Waals surface area contributed by atoms with Crippen LogP contribution in [0, 0.1) is 11.6 Å². The van der Waals surface area contributed by atoms with Gasteiger partial charge in [-0.1, -0.05) is 23.2 Å². The van der Waals surface area contributed by atoms with Crippen LogP contribution in [-0.2, 0) is 6.54 Å². The van der Waals surface area contributed by atoms with Crippen LogP contribution < -0.4 is 0 Å². The number of hydrogen-bond acceptors (Lipinski definition) is 0. The van der Waals surface area contributed by atoms with E-state index in [0.717, 1.165) is 10.9 Å². The van der Waals surface area contributed by atoms with Crippen molar-refractivity contribution in [2.75, 3.05) is 0 Å². The van der Waals surface area contributed by atoms with Crippen molar-refractivity contribution >= 4 is 50.0 Å². The van der Waals surface area contributed by atoms with Gasteiger partial charge in [0.25, 0.3) is 0 Å². The molecule has 1 aromatic heterocycles. The molecule has 0 saturated carbocycles. The molecule has 0 radical (unpaired) electrons. The molecule has 0 fully saturated rings. The predicted octanol–water partition coefficient (Wildman–Crippen LogP) is 6.04. The van der Waals surface area contributed by atoms with E-state index in [4.69, 9.17) is 23.2 Å². The highest BCUT2D eigenvalue weighted by Crippen LogP contribution is 2.30. The summed E-state index contributed by atoms with van der Waals surface area (Å²) in [4.78, 5) is 0. The standard InChI is InChI=1S/C15H8BrCl2F2N/c16-11-1-2-13(19)10(15(11)20)7-21-4-3-9-12(18)5-8(17)6-14(9)21/h1-6H,7H2. The molecule has 0 aliphatic heterocycles. The molecule has 0 saturated heterocycles. The van der Waals surface area contributed by atoms with Crippen LogP contribution in [0.2, 0.25) is 10.0 Å². The van der Waals surface area contributed by atoms with E-state index in [-0.39, 0.29) is 16.6 Å². The predicted molar refractivity (Wildman–Crippen MR) is 85.1 cm³/mol. The first-order chi connectivity index (χ1) is 9.97. The van der Waals surface area contributed by atoms with E-state index in [2.05, 4.69) is 15.9 Å². The third-order valence-electron chi connectivity index (χ3n) is 3.27. The Bertz CT molecular complexity index is 845. The van der Waals surface area contributed by atoms with Gasteiger partial charge >= 0.3 is 0 Å². The fourth-order valence-corrected chi connectivity index (χ4v) is 3.16. The summed E-state index contributed by atoms with van der Waals surface area (Å²) in [7, 11) is 0. The zero-order chi connectivity index (χ0) is 15.1. The molecule has 2 aromatic carbocycles. The monoisotopic (exact) mass is 389 g/mol. The maximum atomic E-state index is 14.1. The molecule has 1 nitrogen and oxygen atoms in total. The quantitative estimate of drug-likeness (QED) is 0.470. The van der Waals surface area contributed by atoms with Crippen LogP contribution in [0.5, 0.6) is 0 Å². The smallest absolute Gasteiger partial charge is 0.145 e. The van der Waals surface area contributed by atoms with E-state index < -0.39 is 11.6 Å². The average molecular weight is 391 g/mol. The molecular formula is C15H8BrCl2F2N. The number of benzene rings is 2. The first-order valence-corrected chi connectivity index (χ1v) is 7.58. The van der Waals surface area contributed by atoms with Crippen molar-refractivity contribution < 1.29 is 8.78 Å². The summed E-state index contributed by atoms with van der Waals surface area (Å²) in [6, 6.07) is 7.72. The Morgan fingerprint density at radius 2 is 1.86 bits per heavy atom. The highest BCUT2D eigenvalue weighted by atomic mass is 79.9. The van der Waals surface area contributed by atoms with Gasteiger partial charge in [-0.3, -0.25) is 0 Å². The number of aromatic nitrogens is 1. The van der Waals surface area contributed by atoms with Crippen LogP contribution in [0.4, 0.5) is 8.78 Å². The molecule has 3 rings (SSSR count). The Balaban J connectivity index is 2.13. The summed E-state index contributed by atoms with van der Waals surface area (Å²) in [6.07, 6.45) is 1.73. The third kappa shape index (κ3) is 2.68. The number of fused-ring (bicyclic) bond motifs is 1. The van der Waals surface area contributed by atoms with E-state index in [1.54, 1.807) is 29.0 Å². The first-order valence-electron chi connectivity index (χ1n) is 6.03. The second-order valence-corrected chi connectivity index (χ2v) is 6.28. The summed E-state index contributed by atoms with van der Waals surface area (Å²) >= 11 is 15.2. The zero-order valence-corrected chi connectivity index (χ0v) is 13.6. The van der Waals surface area contributed by atoms with Crippen LogP contribution >= 0.6 is 39.1 Å². The van der Waals surface area contributed by atoms with Gasteiger partial charge in [0, 0.05) is 22.2 Å². The molecule has 0 unspecified atom stereocenters. The van der Waals surface area contributed by atoms with Crippen molar-refractivity contribution in [3.63, 3.8) is 0 Å². The maximum Gasteiger partial charge on any atom is 0.145 e. The van der Waals surface area contributed by atoms with Gasteiger partial charge in [0.1, 0.15) is 11.6 Å². The number of rotatable bonds is 2. The Morgan fingerprint density at radius 3 is 2.62 bits per heavy atom. The lowest BCUT2D eigenvalue weighted by molar-refractivity contribution is 0.543. The summed E-state index contributed by atoms with van der Waals surface area (Å²) in [5, 5.41) is 1.77. The molecule has 3 aromatic rings. The van der Waals surface area contributed by atoms with Gasteiger partial charge in [-0.05, 0) is 46.3 Å². The molecule has 0 aliphatic carbocycles. The van der Waals surface area contributed by atoms with Crippen molar-refractivity contribution in [3.8, 4) is 0 Å². The molecule has 0 bridgehead atoms. The molecule has 0 N–H and O–H groups in total. The fraction of sp³-hybridized carbons (Fsp3) is 0.0667. The Hall–Kier alpha value is -1.10. The highest BCUT2D eigenvalue weighted by molar-refractivity contribution is 9.10. The van der Waals surface area contributed by atoms with E-state index >= 15 is 0 Å². The van der Waals surface area contributed by atoms with Gasteiger partial charge in [0.05, 0.1) is 21.6 Å². The highest BCUT2D eigenvalue weighted by Gasteiger charge is 2.14. The molecule has 0 aliphatic rings. The van der Waals surface area contributed by atoms with Crippen molar-refractivity contribution in [2.24, 2.45) is 0 Å². The van der Waals surface area contributed by atoms with Crippen LogP contribution in [-0.4, -0.2) is 4.57 Å². The third-order valence-corrected chi connectivity index (χ3v) is 4.41. The van der Waals surface area contributed by atoms with Crippen molar-refractivity contribution in [1.82, 2.24) is 4.57 Å². The Labute approximate surface area is 138 Å². The average Bonchev–Trinajstić information content (AvgIpc) is 2.82. The van der Waals surface area contributed by atoms with E-state index in [9.17, 15) is 8.78 Å². The topological polar surface area (TPSA) is 4.93 Å². The summed E-state index contributed by atoms with van der Waals surface area (Å²) in [5.41, 5.74) is 0.712. The van der Waals surface area contributed by atoms with E-state index in [0.29, 0.717) is 10.0 Å². The lowest BCUT2D eigenvalue weighted by atomic mass is 10.2. The zero-order valence-electron chi connectivity index (χ0n) is 10.5. The second kappa shape index (κ2) is 5.59. The minimum atomic E-state index is -0.607. The number of nitrogens with zero attached hydrogens (tertiary/aromatic N) is 1. The van der Waals surface area contributed by atoms with Gasteiger partial charge < -0.3 is 4.57 Å². The molecule has 108 valence electrons. The van der Waals surface area contributed by atoms with Gasteiger partial charge in [0.15, 0.2) is 0 Å². The maximum absolute atomic E-state index is 14.1. The van der Waals surface area contributed by atoms with Gasteiger partial charge in [0.2, 0.25) is 0 Å². The molecule has 6 heteroatoms.